The van der Waals surface area contributed by atoms with Crippen LogP contribution in [0.5, 0.6) is 11.5 Å². The Bertz CT molecular complexity index is 490. The van der Waals surface area contributed by atoms with Gasteiger partial charge >= 0.3 is 0 Å². The first-order chi connectivity index (χ1) is 9.10. The number of hydrogen-bond donors (Lipinski definition) is 2. The first-order valence-electron chi connectivity index (χ1n) is 6.09. The third-order valence-corrected chi connectivity index (χ3v) is 3.07. The molecule has 0 atom stereocenters. The minimum atomic E-state index is -0.195. The molecule has 5 nitrogen and oxygen atoms in total. The molecule has 0 aromatic heterocycles. The molecule has 0 saturated heterocycles. The Morgan fingerprint density at radius 3 is 2.53 bits per heavy atom. The van der Waals surface area contributed by atoms with Gasteiger partial charge in [-0.15, -0.1) is 0 Å². The Kier molecular flexibility index (Phi) is 4.06. The van der Waals surface area contributed by atoms with E-state index in [4.69, 9.17) is 4.74 Å². The number of rotatable bonds is 3. The molecule has 1 aliphatic rings. The van der Waals surface area contributed by atoms with Gasteiger partial charge in [-0.3, -0.25) is 4.79 Å². The molecule has 1 heterocycles. The first-order valence-corrected chi connectivity index (χ1v) is 6.09. The van der Waals surface area contributed by atoms with E-state index in [1.807, 2.05) is 6.08 Å². The Balaban J connectivity index is 2.09. The summed E-state index contributed by atoms with van der Waals surface area (Å²) in [6.45, 7) is 1.73. The Hall–Kier alpha value is -2.01. The van der Waals surface area contributed by atoms with Crippen molar-refractivity contribution in [3.63, 3.8) is 0 Å². The van der Waals surface area contributed by atoms with Crippen LogP contribution in [0.1, 0.15) is 16.8 Å². The zero-order valence-electron chi connectivity index (χ0n) is 10.8. The molecule has 2 rings (SSSR count). The predicted molar refractivity (Wildman–Crippen MR) is 70.3 cm³/mol. The van der Waals surface area contributed by atoms with Gasteiger partial charge in [-0.25, -0.2) is 0 Å². The highest BCUT2D eigenvalue weighted by molar-refractivity contribution is 5.95. The maximum Gasteiger partial charge on any atom is 0.254 e. The summed E-state index contributed by atoms with van der Waals surface area (Å²) >= 11 is 0. The number of amides is 1. The van der Waals surface area contributed by atoms with Gasteiger partial charge in [-0.1, -0.05) is 6.08 Å². The lowest BCUT2D eigenvalue weighted by molar-refractivity contribution is 0.0764. The highest BCUT2D eigenvalue weighted by atomic mass is 16.5. The van der Waals surface area contributed by atoms with Crippen molar-refractivity contribution in [1.82, 2.24) is 4.90 Å². The Morgan fingerprint density at radius 1 is 1.32 bits per heavy atom. The fourth-order valence-corrected chi connectivity index (χ4v) is 2.11. The highest BCUT2D eigenvalue weighted by Gasteiger charge is 2.19. The van der Waals surface area contributed by atoms with Crippen LogP contribution in [-0.4, -0.2) is 47.8 Å². The van der Waals surface area contributed by atoms with E-state index >= 15 is 0 Å². The van der Waals surface area contributed by atoms with Crippen molar-refractivity contribution in [3.8, 4) is 11.5 Å². The summed E-state index contributed by atoms with van der Waals surface area (Å²) in [4.78, 5) is 13.9. The number of phenols is 2. The summed E-state index contributed by atoms with van der Waals surface area (Å²) in [5.74, 6) is -0.425. The standard InChI is InChI=1S/C14H17NO4/c1-19-9-10-2-4-15(5-3-10)14(18)11-6-12(16)8-13(17)7-11/h2,6-8,16-17H,3-5,9H2,1H3. The van der Waals surface area contributed by atoms with Crippen LogP contribution in [-0.2, 0) is 4.74 Å². The summed E-state index contributed by atoms with van der Waals surface area (Å²) in [5, 5.41) is 18.8. The van der Waals surface area contributed by atoms with Crippen LogP contribution in [0.4, 0.5) is 0 Å². The minimum absolute atomic E-state index is 0.115. The van der Waals surface area contributed by atoms with Gasteiger partial charge in [-0.2, -0.15) is 0 Å². The number of ether oxygens (including phenoxy) is 1. The molecule has 102 valence electrons. The summed E-state index contributed by atoms with van der Waals surface area (Å²) < 4.78 is 5.06. The molecule has 0 bridgehead atoms. The molecule has 0 radical (unpaired) electrons. The fraction of sp³-hybridized carbons (Fsp3) is 0.357. The zero-order chi connectivity index (χ0) is 13.8. The molecular formula is C14H17NO4. The smallest absolute Gasteiger partial charge is 0.254 e. The number of methoxy groups -OCH3 is 1. The lowest BCUT2D eigenvalue weighted by atomic mass is 10.1. The molecule has 0 aliphatic carbocycles. The SMILES string of the molecule is COCC1=CCN(C(=O)c2cc(O)cc(O)c2)CC1. The van der Waals surface area contributed by atoms with Crippen molar-refractivity contribution in [2.45, 2.75) is 6.42 Å². The van der Waals surface area contributed by atoms with Crippen LogP contribution in [0.2, 0.25) is 0 Å². The zero-order valence-corrected chi connectivity index (χ0v) is 10.8. The lowest BCUT2D eigenvalue weighted by Crippen LogP contribution is -2.35. The van der Waals surface area contributed by atoms with Gasteiger partial charge < -0.3 is 19.8 Å². The summed E-state index contributed by atoms with van der Waals surface area (Å²) in [5.41, 5.74) is 1.48. The summed E-state index contributed by atoms with van der Waals surface area (Å²) in [6, 6.07) is 3.91. The topological polar surface area (TPSA) is 70.0 Å². The van der Waals surface area contributed by atoms with Crippen molar-refractivity contribution >= 4 is 5.91 Å². The molecule has 1 aliphatic heterocycles. The van der Waals surface area contributed by atoms with E-state index in [-0.39, 0.29) is 17.4 Å². The molecule has 0 saturated carbocycles. The van der Waals surface area contributed by atoms with Gasteiger partial charge in [-0.05, 0) is 24.1 Å². The van der Waals surface area contributed by atoms with Crippen LogP contribution in [0.25, 0.3) is 0 Å². The van der Waals surface area contributed by atoms with Crippen LogP contribution in [0.15, 0.2) is 29.8 Å². The van der Waals surface area contributed by atoms with Crippen LogP contribution in [0, 0.1) is 0 Å². The Morgan fingerprint density at radius 2 is 2.00 bits per heavy atom. The second-order valence-corrected chi connectivity index (χ2v) is 4.53. The van der Waals surface area contributed by atoms with Gasteiger partial charge in [0.1, 0.15) is 11.5 Å². The van der Waals surface area contributed by atoms with Crippen molar-refractivity contribution in [2.24, 2.45) is 0 Å². The van der Waals surface area contributed by atoms with Gasteiger partial charge in [0.25, 0.3) is 5.91 Å². The molecule has 1 aromatic rings. The normalized spacial score (nSPS) is 15.2. The molecule has 19 heavy (non-hydrogen) atoms. The number of carbonyl (C=O) groups excluding carboxylic acids is 1. The van der Waals surface area contributed by atoms with Crippen LogP contribution in [0.3, 0.4) is 0 Å². The number of benzene rings is 1. The molecule has 0 spiro atoms. The van der Waals surface area contributed by atoms with Crippen molar-refractivity contribution < 1.29 is 19.7 Å². The van der Waals surface area contributed by atoms with Gasteiger partial charge in [0.15, 0.2) is 0 Å². The average Bonchev–Trinajstić information content (AvgIpc) is 2.38. The summed E-state index contributed by atoms with van der Waals surface area (Å²) in [7, 11) is 1.65. The van der Waals surface area contributed by atoms with E-state index in [1.54, 1.807) is 12.0 Å². The van der Waals surface area contributed by atoms with Crippen molar-refractivity contribution in [1.29, 1.82) is 0 Å². The third-order valence-electron chi connectivity index (χ3n) is 3.07. The van der Waals surface area contributed by atoms with Crippen LogP contribution >= 0.6 is 0 Å². The minimum Gasteiger partial charge on any atom is -0.508 e. The van der Waals surface area contributed by atoms with Gasteiger partial charge in [0.05, 0.1) is 6.61 Å². The quantitative estimate of drug-likeness (QED) is 0.811. The number of hydrogen-bond acceptors (Lipinski definition) is 4. The van der Waals surface area contributed by atoms with E-state index in [2.05, 4.69) is 0 Å². The molecule has 2 N–H and O–H groups in total. The largest absolute Gasteiger partial charge is 0.508 e. The maximum absolute atomic E-state index is 12.2. The predicted octanol–water partition coefficient (Wildman–Crippen LogP) is 1.52. The number of phenolic OH excluding ortho intramolecular Hbond substituents is 2. The number of nitrogens with zero attached hydrogens (tertiary/aromatic N) is 1. The molecular weight excluding hydrogens is 246 g/mol. The number of aromatic hydroxyl groups is 2. The fourth-order valence-electron chi connectivity index (χ4n) is 2.11. The van der Waals surface area contributed by atoms with Crippen molar-refractivity contribution in [3.05, 3.63) is 35.4 Å². The van der Waals surface area contributed by atoms with E-state index in [9.17, 15) is 15.0 Å². The van der Waals surface area contributed by atoms with E-state index in [1.165, 1.54) is 23.8 Å². The third kappa shape index (κ3) is 3.26. The lowest BCUT2D eigenvalue weighted by Gasteiger charge is -2.26. The molecule has 1 amide bonds. The molecule has 0 unspecified atom stereocenters. The second-order valence-electron chi connectivity index (χ2n) is 4.53. The molecule has 0 fully saturated rings. The van der Waals surface area contributed by atoms with E-state index < -0.39 is 0 Å². The first kappa shape index (κ1) is 13.4. The maximum atomic E-state index is 12.2. The van der Waals surface area contributed by atoms with E-state index in [0.29, 0.717) is 25.3 Å². The number of carbonyl (C=O) groups is 1. The molecule has 1 aromatic carbocycles. The monoisotopic (exact) mass is 263 g/mol. The van der Waals surface area contributed by atoms with Gasteiger partial charge in [0.2, 0.25) is 0 Å². The second kappa shape index (κ2) is 5.75. The molecule has 5 heteroatoms. The summed E-state index contributed by atoms with van der Waals surface area (Å²) in [6.07, 6.45) is 2.76. The van der Waals surface area contributed by atoms with Gasteiger partial charge in [0, 0.05) is 31.8 Å². The highest BCUT2D eigenvalue weighted by Crippen LogP contribution is 2.22. The van der Waals surface area contributed by atoms with Crippen LogP contribution < -0.4 is 0 Å². The van der Waals surface area contributed by atoms with E-state index in [0.717, 1.165) is 6.42 Å². The Labute approximate surface area is 111 Å². The van der Waals surface area contributed by atoms with Crippen molar-refractivity contribution in [2.75, 3.05) is 26.8 Å². The average molecular weight is 263 g/mol.